The Kier molecular flexibility index (Phi) is 17.3. The maximum Gasteiger partial charge on any atom is 0 e. The van der Waals surface area contributed by atoms with Gasteiger partial charge in [0.2, 0.25) is 0 Å². The van der Waals surface area contributed by atoms with Crippen LogP contribution in [0, 0.1) is 7.43 Å². The molecule has 0 aliphatic rings. The number of rotatable bonds is 8. The Bertz CT molecular complexity index is 137. The molecule has 4 atom stereocenters. The van der Waals surface area contributed by atoms with E-state index in [1.54, 1.807) is 0 Å². The van der Waals surface area contributed by atoms with E-state index < -0.39 is 0 Å². The average molecular weight is 293 g/mol. The molecule has 0 heterocycles. The molecule has 0 aliphatic heterocycles. The van der Waals surface area contributed by atoms with Gasteiger partial charge in [-0.25, -0.2) is 0 Å². The largest absolute Gasteiger partial charge is 0.657 e. The van der Waals surface area contributed by atoms with Crippen LogP contribution in [0.15, 0.2) is 0 Å². The average Bonchev–Trinajstić information content (AvgIpc) is 2.16. The molecule has 0 N–H and O–H groups in total. The maximum absolute atomic E-state index is 4.71. The molecule has 0 aromatic heterocycles. The quantitative estimate of drug-likeness (QED) is 0.447. The number of nitrogens with zero attached hydrogens (tertiary/aromatic N) is 2. The van der Waals surface area contributed by atoms with Crippen molar-refractivity contribution in [2.75, 3.05) is 0 Å². The molecule has 0 saturated carbocycles. The Labute approximate surface area is 122 Å². The summed E-state index contributed by atoms with van der Waals surface area (Å²) in [5.74, 6) is 0. The Hall–Kier alpha value is 0.543. The first-order valence-electron chi connectivity index (χ1n) is 6.39. The molecule has 2 nitrogen and oxygen atoms in total. The van der Waals surface area contributed by atoms with Crippen LogP contribution in [0.1, 0.15) is 60.8 Å². The SMILES string of the molecule is CCC(C)[N-]C(C)CC(C)[N-]C(C)CC.[CH3-].[Zn]. The van der Waals surface area contributed by atoms with Crippen molar-refractivity contribution in [2.24, 2.45) is 0 Å². The van der Waals surface area contributed by atoms with Gasteiger partial charge in [0, 0.05) is 19.5 Å². The van der Waals surface area contributed by atoms with Crippen LogP contribution in [-0.2, 0) is 19.5 Å². The summed E-state index contributed by atoms with van der Waals surface area (Å²) in [6.07, 6.45) is 3.37. The van der Waals surface area contributed by atoms with Crippen LogP contribution in [0.2, 0.25) is 0 Å². The third-order valence-electron chi connectivity index (χ3n) is 2.88. The summed E-state index contributed by atoms with van der Waals surface area (Å²) in [6.45, 7) is 13.2. The zero-order valence-electron chi connectivity index (χ0n) is 13.0. The molecular weight excluding hydrogens is 262 g/mol. The summed E-state index contributed by atoms with van der Waals surface area (Å²) in [4.78, 5) is 0. The van der Waals surface area contributed by atoms with Crippen molar-refractivity contribution in [3.63, 3.8) is 0 Å². The minimum atomic E-state index is 0. The second-order valence-electron chi connectivity index (χ2n) is 4.75. The zero-order valence-corrected chi connectivity index (χ0v) is 16.0. The standard InChI is InChI=1S/C13H28N2.CH3.Zn/c1-7-10(3)14-12(5)9-13(6)15-11(4)8-2;;/h10-13H,7-9H2,1-6H3;1H3;/q-2;-1;. The maximum atomic E-state index is 4.71. The molecule has 0 aliphatic carbocycles. The van der Waals surface area contributed by atoms with Crippen molar-refractivity contribution in [2.45, 2.75) is 85.0 Å². The second-order valence-corrected chi connectivity index (χ2v) is 4.75. The van der Waals surface area contributed by atoms with Gasteiger partial charge >= 0.3 is 0 Å². The van der Waals surface area contributed by atoms with E-state index in [9.17, 15) is 0 Å². The number of hydrogen-bond donors (Lipinski definition) is 0. The fourth-order valence-electron chi connectivity index (χ4n) is 1.70. The molecule has 0 rings (SSSR count). The molecule has 0 amide bonds. The summed E-state index contributed by atoms with van der Waals surface area (Å²) in [5.41, 5.74) is 0. The van der Waals surface area contributed by atoms with Crippen molar-refractivity contribution in [3.05, 3.63) is 18.1 Å². The molecule has 0 spiro atoms. The molecular formula is C14H31N2Zn-3. The summed E-state index contributed by atoms with van der Waals surface area (Å²) in [6, 6.07) is 1.89. The Morgan fingerprint density at radius 2 is 1.00 bits per heavy atom. The van der Waals surface area contributed by atoms with Crippen LogP contribution >= 0.6 is 0 Å². The smallest absolute Gasteiger partial charge is 0 e. The molecule has 0 fully saturated rings. The summed E-state index contributed by atoms with van der Waals surface area (Å²) in [5, 5.41) is 9.42. The molecule has 102 valence electrons. The summed E-state index contributed by atoms with van der Waals surface area (Å²) < 4.78 is 0. The van der Waals surface area contributed by atoms with Crippen LogP contribution in [-0.4, -0.2) is 24.2 Å². The van der Waals surface area contributed by atoms with E-state index in [0.717, 1.165) is 19.3 Å². The first-order valence-corrected chi connectivity index (χ1v) is 6.39. The number of hydrogen-bond acceptors (Lipinski definition) is 0. The fourth-order valence-corrected chi connectivity index (χ4v) is 1.70. The minimum absolute atomic E-state index is 0. The van der Waals surface area contributed by atoms with Crippen molar-refractivity contribution >= 4 is 0 Å². The van der Waals surface area contributed by atoms with E-state index in [1.807, 2.05) is 0 Å². The molecule has 4 unspecified atom stereocenters. The van der Waals surface area contributed by atoms with Crippen LogP contribution in [0.3, 0.4) is 0 Å². The van der Waals surface area contributed by atoms with Gasteiger partial charge in [0.15, 0.2) is 0 Å². The van der Waals surface area contributed by atoms with E-state index in [2.05, 4.69) is 41.5 Å². The van der Waals surface area contributed by atoms with Gasteiger partial charge in [0.25, 0.3) is 0 Å². The topological polar surface area (TPSA) is 28.2 Å². The third-order valence-corrected chi connectivity index (χ3v) is 2.88. The normalized spacial score (nSPS) is 17.3. The molecule has 17 heavy (non-hydrogen) atoms. The van der Waals surface area contributed by atoms with Gasteiger partial charge in [-0.15, -0.1) is 24.2 Å². The van der Waals surface area contributed by atoms with Gasteiger partial charge in [0.1, 0.15) is 0 Å². The predicted octanol–water partition coefficient (Wildman–Crippen LogP) is 4.95. The molecule has 3 heteroatoms. The molecule has 0 bridgehead atoms. The van der Waals surface area contributed by atoms with Gasteiger partial charge in [-0.3, -0.25) is 0 Å². The van der Waals surface area contributed by atoms with Crippen molar-refractivity contribution < 1.29 is 19.5 Å². The van der Waals surface area contributed by atoms with Crippen molar-refractivity contribution in [3.8, 4) is 0 Å². The van der Waals surface area contributed by atoms with Gasteiger partial charge in [0.05, 0.1) is 0 Å². The van der Waals surface area contributed by atoms with E-state index in [1.165, 1.54) is 0 Å². The van der Waals surface area contributed by atoms with Crippen molar-refractivity contribution in [1.29, 1.82) is 0 Å². The molecule has 0 radical (unpaired) electrons. The molecule has 0 aromatic carbocycles. The molecule has 0 saturated heterocycles. The monoisotopic (exact) mass is 291 g/mol. The van der Waals surface area contributed by atoms with Gasteiger partial charge in [-0.2, -0.15) is 0 Å². The van der Waals surface area contributed by atoms with E-state index in [-0.39, 0.29) is 26.9 Å². The van der Waals surface area contributed by atoms with Crippen LogP contribution in [0.4, 0.5) is 0 Å². The minimum Gasteiger partial charge on any atom is -0.657 e. The van der Waals surface area contributed by atoms with Gasteiger partial charge in [-0.1, -0.05) is 60.8 Å². The first kappa shape index (κ1) is 22.7. The summed E-state index contributed by atoms with van der Waals surface area (Å²) >= 11 is 0. The van der Waals surface area contributed by atoms with Crippen LogP contribution in [0.5, 0.6) is 0 Å². The Morgan fingerprint density at radius 1 is 0.706 bits per heavy atom. The fraction of sp³-hybridized carbons (Fsp3) is 0.929. The first-order chi connectivity index (χ1) is 6.99. The van der Waals surface area contributed by atoms with E-state index in [4.69, 9.17) is 10.6 Å². The Morgan fingerprint density at radius 3 is 1.24 bits per heavy atom. The van der Waals surface area contributed by atoms with E-state index >= 15 is 0 Å². The van der Waals surface area contributed by atoms with Gasteiger partial charge < -0.3 is 18.1 Å². The summed E-state index contributed by atoms with van der Waals surface area (Å²) in [7, 11) is 0. The second kappa shape index (κ2) is 13.0. The zero-order chi connectivity index (χ0) is 11.8. The molecule has 0 aromatic rings. The Balaban J connectivity index is -0.000000980. The van der Waals surface area contributed by atoms with E-state index in [0.29, 0.717) is 24.2 Å². The van der Waals surface area contributed by atoms with Crippen molar-refractivity contribution in [1.82, 2.24) is 0 Å². The van der Waals surface area contributed by atoms with Crippen LogP contribution < -0.4 is 0 Å². The van der Waals surface area contributed by atoms with Crippen LogP contribution in [0.25, 0.3) is 10.6 Å². The third kappa shape index (κ3) is 12.8. The predicted molar refractivity (Wildman–Crippen MR) is 76.2 cm³/mol. The van der Waals surface area contributed by atoms with Gasteiger partial charge in [-0.05, 0) is 0 Å².